The molecule has 1 saturated heterocycles. The van der Waals surface area contributed by atoms with Gasteiger partial charge in [0.2, 0.25) is 5.91 Å². The number of methoxy groups -OCH3 is 1. The zero-order valence-electron chi connectivity index (χ0n) is 18.7. The van der Waals surface area contributed by atoms with Crippen LogP contribution in [0.5, 0.6) is 5.75 Å². The Morgan fingerprint density at radius 3 is 2.39 bits per heavy atom. The van der Waals surface area contributed by atoms with Crippen molar-refractivity contribution in [2.24, 2.45) is 5.92 Å². The first-order chi connectivity index (χ1) is 17.1. The van der Waals surface area contributed by atoms with E-state index in [2.05, 4.69) is 10.7 Å². The third-order valence-corrected chi connectivity index (χ3v) is 5.06. The zero-order valence-corrected chi connectivity index (χ0v) is 18.7. The zero-order chi connectivity index (χ0) is 26.4. The summed E-state index contributed by atoms with van der Waals surface area (Å²) in [4.78, 5) is 69.6. The highest BCUT2D eigenvalue weighted by Gasteiger charge is 2.37. The predicted octanol–water partition coefficient (Wildman–Crippen LogP) is 1.19. The number of amides is 3. The molecule has 2 N–H and O–H groups in total. The summed E-state index contributed by atoms with van der Waals surface area (Å²) in [7, 11) is 1.34. The van der Waals surface area contributed by atoms with Crippen LogP contribution in [0.4, 0.5) is 17.1 Å². The Hall–Kier alpha value is -5.08. The van der Waals surface area contributed by atoms with E-state index in [0.29, 0.717) is 0 Å². The van der Waals surface area contributed by atoms with Crippen LogP contribution in [0.1, 0.15) is 16.8 Å². The molecule has 1 atom stereocenters. The average molecular weight is 501 g/mol. The number of hydrogen-bond acceptors (Lipinski definition) is 10. The number of nitro benzene ring substituents is 2. The molecular formula is C21H19N5O10. The normalized spacial score (nSPS) is 14.6. The first kappa shape index (κ1) is 25.5. The molecular weight excluding hydrogens is 482 g/mol. The van der Waals surface area contributed by atoms with Gasteiger partial charge in [-0.2, -0.15) is 0 Å². The van der Waals surface area contributed by atoms with Crippen LogP contribution < -0.4 is 15.5 Å². The Bertz CT molecular complexity index is 1230. The van der Waals surface area contributed by atoms with Crippen molar-refractivity contribution in [3.63, 3.8) is 0 Å². The largest absolute Gasteiger partial charge is 0.497 e. The molecule has 3 rings (SSSR count). The molecule has 1 aliphatic heterocycles. The van der Waals surface area contributed by atoms with Crippen molar-refractivity contribution >= 4 is 40.8 Å². The molecule has 1 heterocycles. The molecule has 0 radical (unpaired) electrons. The van der Waals surface area contributed by atoms with Gasteiger partial charge in [-0.25, -0.2) is 0 Å². The lowest BCUT2D eigenvalue weighted by molar-refractivity contribution is -0.384. The van der Waals surface area contributed by atoms with E-state index in [1.807, 2.05) is 0 Å². The number of carbonyl (C=O) groups excluding carboxylic acids is 4. The van der Waals surface area contributed by atoms with Gasteiger partial charge in [0.05, 0.1) is 29.4 Å². The van der Waals surface area contributed by atoms with Gasteiger partial charge in [-0.05, 0) is 18.2 Å². The number of carbonyl (C=O) groups is 4. The smallest absolute Gasteiger partial charge is 0.311 e. The maximum atomic E-state index is 12.3. The molecule has 0 spiro atoms. The van der Waals surface area contributed by atoms with E-state index in [1.165, 1.54) is 31.4 Å². The molecule has 0 aromatic heterocycles. The summed E-state index contributed by atoms with van der Waals surface area (Å²) >= 11 is 0. The van der Waals surface area contributed by atoms with Crippen LogP contribution in [0.3, 0.4) is 0 Å². The molecule has 0 aliphatic carbocycles. The molecule has 36 heavy (non-hydrogen) atoms. The Morgan fingerprint density at radius 1 is 1.08 bits per heavy atom. The fourth-order valence-corrected chi connectivity index (χ4v) is 3.24. The van der Waals surface area contributed by atoms with Crippen molar-refractivity contribution in [2.75, 3.05) is 25.6 Å². The van der Waals surface area contributed by atoms with E-state index in [0.717, 1.165) is 23.2 Å². The third kappa shape index (κ3) is 6.07. The number of non-ortho nitro benzene ring substituents is 1. The van der Waals surface area contributed by atoms with Crippen LogP contribution in [-0.2, 0) is 19.1 Å². The summed E-state index contributed by atoms with van der Waals surface area (Å²) in [5.74, 6) is -3.75. The standard InChI is InChI=1S/C21H19N5O10/c1-35-15-6-7-17(26(33)34)16(9-15)22-18(27)11-36-21(30)13-8-19(28)24(10-13)23-20(29)12-2-4-14(5-3-12)25(31)32/h2-7,9,13H,8,10-11H2,1H3,(H,22,27)(H,23,29)/t13-/m1/s1. The number of hydrazine groups is 1. The molecule has 1 fully saturated rings. The van der Waals surface area contributed by atoms with E-state index < -0.39 is 51.7 Å². The van der Waals surface area contributed by atoms with Gasteiger partial charge in [-0.1, -0.05) is 0 Å². The fraction of sp³-hybridized carbons (Fsp3) is 0.238. The average Bonchev–Trinajstić information content (AvgIpc) is 3.22. The molecule has 0 unspecified atom stereocenters. The van der Waals surface area contributed by atoms with Crippen molar-refractivity contribution in [1.82, 2.24) is 10.4 Å². The first-order valence-corrected chi connectivity index (χ1v) is 10.2. The number of benzene rings is 2. The lowest BCUT2D eigenvalue weighted by Gasteiger charge is -2.17. The predicted molar refractivity (Wildman–Crippen MR) is 120 cm³/mol. The SMILES string of the molecule is COc1ccc([N+](=O)[O-])c(NC(=O)COC(=O)[C@@H]2CC(=O)N(NC(=O)c3ccc([N+](=O)[O-])cc3)C2)c1. The van der Waals surface area contributed by atoms with Crippen LogP contribution in [-0.4, -0.2) is 58.8 Å². The number of hydrogen-bond donors (Lipinski definition) is 2. The molecule has 2 aromatic carbocycles. The van der Waals surface area contributed by atoms with Crippen LogP contribution in [0.15, 0.2) is 42.5 Å². The first-order valence-electron chi connectivity index (χ1n) is 10.2. The molecule has 2 aromatic rings. The summed E-state index contributed by atoms with van der Waals surface area (Å²) in [6.07, 6.45) is -0.289. The number of nitrogens with zero attached hydrogens (tertiary/aromatic N) is 3. The van der Waals surface area contributed by atoms with Gasteiger partial charge in [0.15, 0.2) is 6.61 Å². The monoisotopic (exact) mass is 501 g/mol. The van der Waals surface area contributed by atoms with Crippen LogP contribution in [0.25, 0.3) is 0 Å². The van der Waals surface area contributed by atoms with E-state index >= 15 is 0 Å². The van der Waals surface area contributed by atoms with E-state index in [1.54, 1.807) is 0 Å². The number of nitrogens with one attached hydrogen (secondary N) is 2. The summed E-state index contributed by atoms with van der Waals surface area (Å²) < 4.78 is 9.91. The molecule has 15 nitrogen and oxygen atoms in total. The maximum absolute atomic E-state index is 12.3. The second kappa shape index (κ2) is 10.9. The van der Waals surface area contributed by atoms with Gasteiger partial charge < -0.3 is 14.8 Å². The Morgan fingerprint density at radius 2 is 1.78 bits per heavy atom. The minimum absolute atomic E-state index is 0.0581. The van der Waals surface area contributed by atoms with Crippen LogP contribution >= 0.6 is 0 Å². The number of rotatable bonds is 9. The summed E-state index contributed by atoms with van der Waals surface area (Å²) in [5.41, 5.74) is 1.61. The minimum Gasteiger partial charge on any atom is -0.497 e. The molecule has 3 amide bonds. The number of anilines is 1. The van der Waals surface area contributed by atoms with Crippen molar-refractivity contribution in [1.29, 1.82) is 0 Å². The molecule has 0 saturated carbocycles. The highest BCUT2D eigenvalue weighted by atomic mass is 16.6. The molecule has 188 valence electrons. The summed E-state index contributed by atoms with van der Waals surface area (Å²) in [5, 5.41) is 25.0. The number of ether oxygens (including phenoxy) is 2. The van der Waals surface area contributed by atoms with Crippen LogP contribution in [0.2, 0.25) is 0 Å². The highest BCUT2D eigenvalue weighted by Crippen LogP contribution is 2.28. The van der Waals surface area contributed by atoms with Gasteiger partial charge in [0.1, 0.15) is 11.4 Å². The summed E-state index contributed by atoms with van der Waals surface area (Å²) in [6.45, 7) is -0.994. The number of nitro groups is 2. The van der Waals surface area contributed by atoms with Crippen LogP contribution in [0, 0.1) is 26.1 Å². The second-order valence-electron chi connectivity index (χ2n) is 7.45. The lowest BCUT2D eigenvalue weighted by atomic mass is 10.1. The van der Waals surface area contributed by atoms with E-state index in [4.69, 9.17) is 9.47 Å². The van der Waals surface area contributed by atoms with Gasteiger partial charge >= 0.3 is 5.97 Å². The van der Waals surface area contributed by atoms with Crippen molar-refractivity contribution in [3.05, 3.63) is 68.3 Å². The van der Waals surface area contributed by atoms with Gasteiger partial charge in [0, 0.05) is 36.2 Å². The maximum Gasteiger partial charge on any atom is 0.311 e. The minimum atomic E-state index is -0.978. The third-order valence-electron chi connectivity index (χ3n) is 5.06. The van der Waals surface area contributed by atoms with E-state index in [9.17, 15) is 39.4 Å². The van der Waals surface area contributed by atoms with Crippen molar-refractivity contribution in [3.8, 4) is 5.75 Å². The lowest BCUT2D eigenvalue weighted by Crippen LogP contribution is -2.43. The molecule has 1 aliphatic rings. The molecule has 15 heteroatoms. The van der Waals surface area contributed by atoms with E-state index in [-0.39, 0.29) is 35.7 Å². The quantitative estimate of drug-likeness (QED) is 0.285. The fourth-order valence-electron chi connectivity index (χ4n) is 3.24. The second-order valence-corrected chi connectivity index (χ2v) is 7.45. The topological polar surface area (TPSA) is 200 Å². The van der Waals surface area contributed by atoms with Gasteiger partial charge in [-0.15, -0.1) is 0 Å². The Labute approximate surface area is 202 Å². The highest BCUT2D eigenvalue weighted by molar-refractivity contribution is 5.97. The molecule has 0 bridgehead atoms. The van der Waals surface area contributed by atoms with Crippen molar-refractivity contribution in [2.45, 2.75) is 6.42 Å². The Kier molecular flexibility index (Phi) is 7.73. The van der Waals surface area contributed by atoms with Crippen molar-refractivity contribution < 1.29 is 38.5 Å². The summed E-state index contributed by atoms with van der Waals surface area (Å²) in [6, 6.07) is 8.41. The number of esters is 1. The van der Waals surface area contributed by atoms with Gasteiger partial charge in [-0.3, -0.25) is 49.8 Å². The Balaban J connectivity index is 1.53. The van der Waals surface area contributed by atoms with Gasteiger partial charge in [0.25, 0.3) is 23.2 Å².